The molecule has 0 aromatic carbocycles. The van der Waals surface area contributed by atoms with Crippen molar-refractivity contribution < 1.29 is 0 Å². The molecule has 1 heterocycles. The molecule has 5 nitrogen and oxygen atoms in total. The van der Waals surface area contributed by atoms with Gasteiger partial charge >= 0.3 is 0 Å². The van der Waals surface area contributed by atoms with E-state index < -0.39 is 0 Å². The van der Waals surface area contributed by atoms with Gasteiger partial charge in [0.2, 0.25) is 0 Å². The van der Waals surface area contributed by atoms with Crippen LogP contribution in [0.2, 0.25) is 0 Å². The van der Waals surface area contributed by atoms with Gasteiger partial charge in [0.1, 0.15) is 6.07 Å². The molecule has 60 valence electrons. The maximum atomic E-state index is 8.44. The summed E-state index contributed by atoms with van der Waals surface area (Å²) in [6, 6.07) is 5.09. The molecule has 12 heavy (non-hydrogen) atoms. The first-order chi connectivity index (χ1) is 5.72. The molecule has 0 aliphatic carbocycles. The average molecular weight is 161 g/mol. The standard InChI is InChI=1S/C7H7N5/c8-3-5-1-2-6(11-4-5)12-7(9)10/h1-2,4H,(H4,9,10,11,12). The van der Waals surface area contributed by atoms with Crippen LogP contribution in [0.15, 0.2) is 23.3 Å². The molecular formula is C7H7N5. The fourth-order valence-electron chi connectivity index (χ4n) is 0.651. The van der Waals surface area contributed by atoms with Crippen LogP contribution < -0.4 is 11.5 Å². The molecule has 1 aromatic rings. The van der Waals surface area contributed by atoms with E-state index in [2.05, 4.69) is 9.98 Å². The number of hydrogen-bond donors (Lipinski definition) is 2. The summed E-state index contributed by atoms with van der Waals surface area (Å²) in [6.07, 6.45) is 1.40. The minimum Gasteiger partial charge on any atom is -0.370 e. The highest BCUT2D eigenvalue weighted by Crippen LogP contribution is 2.06. The molecule has 1 aromatic heterocycles. The third-order valence-electron chi connectivity index (χ3n) is 1.12. The third-order valence-corrected chi connectivity index (χ3v) is 1.12. The highest BCUT2D eigenvalue weighted by Gasteiger charge is 1.92. The Morgan fingerprint density at radius 1 is 1.50 bits per heavy atom. The Bertz CT molecular complexity index is 328. The molecule has 0 aliphatic rings. The van der Waals surface area contributed by atoms with Gasteiger partial charge in [-0.2, -0.15) is 10.3 Å². The van der Waals surface area contributed by atoms with Crippen LogP contribution in [-0.2, 0) is 0 Å². The number of nitrogens with two attached hydrogens (primary N) is 2. The Morgan fingerprint density at radius 3 is 2.67 bits per heavy atom. The molecule has 0 aliphatic heterocycles. The minimum absolute atomic E-state index is 0.0489. The summed E-state index contributed by atoms with van der Waals surface area (Å²) >= 11 is 0. The monoisotopic (exact) mass is 161 g/mol. The number of nitrogens with zero attached hydrogens (tertiary/aromatic N) is 3. The van der Waals surface area contributed by atoms with Crippen molar-refractivity contribution in [3.63, 3.8) is 0 Å². The predicted octanol–water partition coefficient (Wildman–Crippen LogP) is -0.142. The summed E-state index contributed by atoms with van der Waals surface area (Å²) in [4.78, 5) is 7.51. The first kappa shape index (κ1) is 8.01. The molecule has 0 atom stereocenters. The van der Waals surface area contributed by atoms with Gasteiger partial charge in [-0.1, -0.05) is 0 Å². The van der Waals surface area contributed by atoms with Crippen molar-refractivity contribution in [2.24, 2.45) is 16.5 Å². The van der Waals surface area contributed by atoms with Crippen molar-refractivity contribution in [3.05, 3.63) is 23.9 Å². The van der Waals surface area contributed by atoms with E-state index in [4.69, 9.17) is 16.7 Å². The Balaban J connectivity index is 2.95. The van der Waals surface area contributed by atoms with E-state index in [9.17, 15) is 0 Å². The van der Waals surface area contributed by atoms with Crippen molar-refractivity contribution in [3.8, 4) is 6.07 Å². The van der Waals surface area contributed by atoms with E-state index >= 15 is 0 Å². The van der Waals surface area contributed by atoms with Gasteiger partial charge in [-0.15, -0.1) is 0 Å². The van der Waals surface area contributed by atoms with Crippen LogP contribution >= 0.6 is 0 Å². The fraction of sp³-hybridized carbons (Fsp3) is 0. The van der Waals surface area contributed by atoms with Gasteiger partial charge < -0.3 is 11.5 Å². The number of aromatic nitrogens is 1. The van der Waals surface area contributed by atoms with Gasteiger partial charge in [-0.3, -0.25) is 0 Å². The zero-order valence-corrected chi connectivity index (χ0v) is 6.23. The number of hydrogen-bond acceptors (Lipinski definition) is 3. The van der Waals surface area contributed by atoms with Crippen molar-refractivity contribution in [1.29, 1.82) is 5.26 Å². The number of pyridine rings is 1. The van der Waals surface area contributed by atoms with E-state index in [1.54, 1.807) is 12.1 Å². The van der Waals surface area contributed by atoms with E-state index in [1.165, 1.54) is 6.20 Å². The van der Waals surface area contributed by atoms with Crippen LogP contribution in [0, 0.1) is 11.3 Å². The molecule has 5 heteroatoms. The lowest BCUT2D eigenvalue weighted by Gasteiger charge is -1.92. The molecule has 0 saturated carbocycles. The minimum atomic E-state index is -0.0489. The van der Waals surface area contributed by atoms with Gasteiger partial charge in [0.05, 0.1) is 5.56 Å². The van der Waals surface area contributed by atoms with Crippen molar-refractivity contribution in [2.75, 3.05) is 0 Å². The summed E-state index contributed by atoms with van der Waals surface area (Å²) < 4.78 is 0. The van der Waals surface area contributed by atoms with Crippen LogP contribution in [0.4, 0.5) is 5.82 Å². The smallest absolute Gasteiger partial charge is 0.192 e. The van der Waals surface area contributed by atoms with E-state index in [-0.39, 0.29) is 5.96 Å². The van der Waals surface area contributed by atoms with E-state index in [1.807, 2.05) is 6.07 Å². The molecule has 0 saturated heterocycles. The highest BCUT2D eigenvalue weighted by molar-refractivity contribution is 5.78. The quantitative estimate of drug-likeness (QED) is 0.442. The number of guanidine groups is 1. The van der Waals surface area contributed by atoms with Crippen molar-refractivity contribution in [1.82, 2.24) is 4.98 Å². The van der Waals surface area contributed by atoms with Gasteiger partial charge in [0.25, 0.3) is 0 Å². The summed E-state index contributed by atoms with van der Waals surface area (Å²) in [5.41, 5.74) is 10.7. The van der Waals surface area contributed by atoms with Gasteiger partial charge in [-0.25, -0.2) is 4.98 Å². The number of nitriles is 1. The Labute approximate surface area is 69.3 Å². The maximum Gasteiger partial charge on any atom is 0.192 e. The molecule has 0 radical (unpaired) electrons. The van der Waals surface area contributed by atoms with Crippen LogP contribution in [0.3, 0.4) is 0 Å². The van der Waals surface area contributed by atoms with Crippen LogP contribution in [-0.4, -0.2) is 10.9 Å². The number of rotatable bonds is 1. The lowest BCUT2D eigenvalue weighted by Crippen LogP contribution is -2.22. The van der Waals surface area contributed by atoms with Gasteiger partial charge in [0, 0.05) is 6.20 Å². The molecule has 0 unspecified atom stereocenters. The van der Waals surface area contributed by atoms with Crippen LogP contribution in [0.1, 0.15) is 5.56 Å². The second-order valence-corrected chi connectivity index (χ2v) is 2.05. The second kappa shape index (κ2) is 3.34. The molecule has 1 rings (SSSR count). The van der Waals surface area contributed by atoms with Crippen molar-refractivity contribution >= 4 is 11.8 Å². The van der Waals surface area contributed by atoms with Crippen molar-refractivity contribution in [2.45, 2.75) is 0 Å². The maximum absolute atomic E-state index is 8.44. The Morgan fingerprint density at radius 2 is 2.25 bits per heavy atom. The lowest BCUT2D eigenvalue weighted by molar-refractivity contribution is 1.24. The highest BCUT2D eigenvalue weighted by atomic mass is 15.0. The Hall–Kier alpha value is -2.09. The summed E-state index contributed by atoms with van der Waals surface area (Å²) in [5.74, 6) is 0.348. The summed E-state index contributed by atoms with van der Waals surface area (Å²) in [5, 5.41) is 8.44. The fourth-order valence-corrected chi connectivity index (χ4v) is 0.651. The molecule has 0 amide bonds. The van der Waals surface area contributed by atoms with E-state index in [0.717, 1.165) is 0 Å². The number of aliphatic imine (C=N–C) groups is 1. The van der Waals surface area contributed by atoms with Gasteiger partial charge in [-0.05, 0) is 12.1 Å². The molecular weight excluding hydrogens is 154 g/mol. The Kier molecular flexibility index (Phi) is 2.23. The van der Waals surface area contributed by atoms with Gasteiger partial charge in [0.15, 0.2) is 11.8 Å². The van der Waals surface area contributed by atoms with E-state index in [0.29, 0.717) is 11.4 Å². The molecule has 0 bridgehead atoms. The van der Waals surface area contributed by atoms with Crippen LogP contribution in [0.25, 0.3) is 0 Å². The first-order valence-electron chi connectivity index (χ1n) is 3.18. The normalized spacial score (nSPS) is 8.58. The summed E-state index contributed by atoms with van der Waals surface area (Å²) in [7, 11) is 0. The first-order valence-corrected chi connectivity index (χ1v) is 3.18. The second-order valence-electron chi connectivity index (χ2n) is 2.05. The molecule has 4 N–H and O–H groups in total. The SMILES string of the molecule is N#Cc1ccc(N=C(N)N)nc1. The largest absolute Gasteiger partial charge is 0.370 e. The average Bonchev–Trinajstić information content (AvgIpc) is 2.05. The molecule has 0 spiro atoms. The topological polar surface area (TPSA) is 101 Å². The third kappa shape index (κ3) is 1.95. The predicted molar refractivity (Wildman–Crippen MR) is 44.4 cm³/mol. The zero-order valence-electron chi connectivity index (χ0n) is 6.23. The zero-order chi connectivity index (χ0) is 8.97. The molecule has 0 fully saturated rings. The lowest BCUT2D eigenvalue weighted by atomic mass is 10.3. The van der Waals surface area contributed by atoms with Crippen LogP contribution in [0.5, 0.6) is 0 Å². The summed E-state index contributed by atoms with van der Waals surface area (Å²) in [6.45, 7) is 0.